The highest BCUT2D eigenvalue weighted by Gasteiger charge is 2.09. The van der Waals surface area contributed by atoms with Crippen molar-refractivity contribution in [1.82, 2.24) is 0 Å². The molecule has 0 aliphatic carbocycles. The Morgan fingerprint density at radius 2 is 1.29 bits per heavy atom. The van der Waals surface area contributed by atoms with E-state index in [-0.39, 0.29) is 5.97 Å². The van der Waals surface area contributed by atoms with Gasteiger partial charge >= 0.3 is 5.97 Å². The monoisotopic (exact) mass is 480 g/mol. The second kappa shape index (κ2) is 17.7. The van der Waals surface area contributed by atoms with Crippen LogP contribution in [0.4, 0.5) is 0 Å². The van der Waals surface area contributed by atoms with Gasteiger partial charge in [-0.2, -0.15) is 0 Å². The molecular weight excluding hydrogens is 436 g/mol. The summed E-state index contributed by atoms with van der Waals surface area (Å²) in [6.45, 7) is 9.64. The van der Waals surface area contributed by atoms with Crippen molar-refractivity contribution < 1.29 is 19.0 Å². The van der Waals surface area contributed by atoms with Crippen LogP contribution in [0.3, 0.4) is 0 Å². The Bertz CT molecular complexity index is 826. The standard InChI is InChI=1S/C31H44O4/c1-4-6-7-8-9-10-11-12-13-24-33-29-20-22-30(23-21-29)35-31(32)27-16-18-28(19-17-27)34-25-14-15-26(3)5-2/h4,16-23,26H,1,5-15,24-25H2,2-3H3/t26-/m0/s1. The van der Waals surface area contributed by atoms with Crippen LogP contribution in [-0.4, -0.2) is 19.2 Å². The lowest BCUT2D eigenvalue weighted by atomic mass is 10.0. The van der Waals surface area contributed by atoms with E-state index in [9.17, 15) is 4.79 Å². The summed E-state index contributed by atoms with van der Waals surface area (Å²) in [5.74, 6) is 2.42. The number of benzene rings is 2. The fourth-order valence-corrected chi connectivity index (χ4v) is 3.75. The van der Waals surface area contributed by atoms with Crippen molar-refractivity contribution in [2.75, 3.05) is 13.2 Å². The van der Waals surface area contributed by atoms with Crippen LogP contribution in [0.2, 0.25) is 0 Å². The molecule has 35 heavy (non-hydrogen) atoms. The molecule has 0 radical (unpaired) electrons. The maximum Gasteiger partial charge on any atom is 0.343 e. The van der Waals surface area contributed by atoms with E-state index in [4.69, 9.17) is 14.2 Å². The van der Waals surface area contributed by atoms with Crippen molar-refractivity contribution in [2.45, 2.75) is 84.5 Å². The average Bonchev–Trinajstić information content (AvgIpc) is 2.88. The Morgan fingerprint density at radius 1 is 0.771 bits per heavy atom. The maximum absolute atomic E-state index is 12.5. The van der Waals surface area contributed by atoms with Gasteiger partial charge in [0.05, 0.1) is 18.8 Å². The fourth-order valence-electron chi connectivity index (χ4n) is 3.75. The molecule has 2 rings (SSSR count). The summed E-state index contributed by atoms with van der Waals surface area (Å²) in [6, 6.07) is 14.4. The minimum absolute atomic E-state index is 0.383. The number of unbranched alkanes of at least 4 members (excludes halogenated alkanes) is 7. The summed E-state index contributed by atoms with van der Waals surface area (Å²) in [7, 11) is 0. The Kier molecular flexibility index (Phi) is 14.4. The SMILES string of the molecule is C=CCCCCCCCCCOc1ccc(OC(=O)c2ccc(OCCC[C@@H](C)CC)cc2)cc1. The third-order valence-electron chi connectivity index (χ3n) is 6.25. The van der Waals surface area contributed by atoms with Gasteiger partial charge in [-0.15, -0.1) is 6.58 Å². The quantitative estimate of drug-likeness (QED) is 0.0872. The molecule has 0 aromatic heterocycles. The van der Waals surface area contributed by atoms with Gasteiger partial charge in [-0.3, -0.25) is 0 Å². The maximum atomic E-state index is 12.5. The number of hydrogen-bond donors (Lipinski definition) is 0. The molecule has 2 aromatic carbocycles. The van der Waals surface area contributed by atoms with Gasteiger partial charge in [0.1, 0.15) is 17.2 Å². The van der Waals surface area contributed by atoms with Crippen LogP contribution in [0, 0.1) is 5.92 Å². The van der Waals surface area contributed by atoms with Gasteiger partial charge in [0.25, 0.3) is 0 Å². The normalized spacial score (nSPS) is 11.6. The lowest BCUT2D eigenvalue weighted by Crippen LogP contribution is -2.08. The molecule has 4 nitrogen and oxygen atoms in total. The highest BCUT2D eigenvalue weighted by Crippen LogP contribution is 2.20. The number of allylic oxidation sites excluding steroid dienone is 1. The Hall–Kier alpha value is -2.75. The van der Waals surface area contributed by atoms with Crippen LogP contribution in [0.25, 0.3) is 0 Å². The summed E-state index contributed by atoms with van der Waals surface area (Å²) in [5, 5.41) is 0. The Labute approximate surface area is 212 Å². The van der Waals surface area contributed by atoms with Gasteiger partial charge in [0.15, 0.2) is 0 Å². The van der Waals surface area contributed by atoms with Crippen LogP contribution in [0.1, 0.15) is 94.8 Å². The predicted octanol–water partition coefficient (Wildman–Crippen LogP) is 8.80. The number of carbonyl (C=O) groups is 1. The van der Waals surface area contributed by atoms with Crippen LogP contribution in [0.15, 0.2) is 61.2 Å². The molecule has 0 unspecified atom stereocenters. The van der Waals surface area contributed by atoms with Gasteiger partial charge in [0, 0.05) is 0 Å². The first-order valence-corrected chi connectivity index (χ1v) is 13.4. The molecule has 0 saturated heterocycles. The van der Waals surface area contributed by atoms with E-state index in [0.717, 1.165) is 36.7 Å². The molecule has 0 saturated carbocycles. The van der Waals surface area contributed by atoms with E-state index < -0.39 is 0 Å². The molecule has 0 amide bonds. The first kappa shape index (κ1) is 28.5. The van der Waals surface area contributed by atoms with E-state index in [1.807, 2.05) is 30.3 Å². The van der Waals surface area contributed by atoms with E-state index in [2.05, 4.69) is 20.4 Å². The zero-order chi connectivity index (χ0) is 25.1. The predicted molar refractivity (Wildman–Crippen MR) is 145 cm³/mol. The Morgan fingerprint density at radius 3 is 1.89 bits per heavy atom. The van der Waals surface area contributed by atoms with Crippen LogP contribution < -0.4 is 14.2 Å². The summed E-state index contributed by atoms with van der Waals surface area (Å²) >= 11 is 0. The van der Waals surface area contributed by atoms with Crippen molar-refractivity contribution in [3.63, 3.8) is 0 Å². The molecular formula is C31H44O4. The van der Waals surface area contributed by atoms with Gasteiger partial charge in [0.2, 0.25) is 0 Å². The molecule has 1 atom stereocenters. The second-order valence-corrected chi connectivity index (χ2v) is 9.29. The summed E-state index contributed by atoms with van der Waals surface area (Å²) in [4.78, 5) is 12.5. The zero-order valence-corrected chi connectivity index (χ0v) is 21.8. The fraction of sp³-hybridized carbons (Fsp3) is 0.516. The Balaban J connectivity index is 1.62. The van der Waals surface area contributed by atoms with Crippen LogP contribution >= 0.6 is 0 Å². The highest BCUT2D eigenvalue weighted by atomic mass is 16.5. The number of esters is 1. The van der Waals surface area contributed by atoms with Crippen LogP contribution in [-0.2, 0) is 0 Å². The van der Waals surface area contributed by atoms with Crippen molar-refractivity contribution in [2.24, 2.45) is 5.92 Å². The minimum Gasteiger partial charge on any atom is -0.494 e. The van der Waals surface area contributed by atoms with Gasteiger partial charge in [-0.1, -0.05) is 58.4 Å². The van der Waals surface area contributed by atoms with Crippen molar-refractivity contribution in [3.05, 3.63) is 66.7 Å². The van der Waals surface area contributed by atoms with E-state index in [0.29, 0.717) is 24.5 Å². The molecule has 2 aromatic rings. The zero-order valence-electron chi connectivity index (χ0n) is 21.8. The molecule has 0 aliphatic heterocycles. The van der Waals surface area contributed by atoms with E-state index in [1.54, 1.807) is 24.3 Å². The number of ether oxygens (including phenoxy) is 3. The number of rotatable bonds is 19. The van der Waals surface area contributed by atoms with Crippen molar-refractivity contribution in [1.29, 1.82) is 0 Å². The molecule has 0 spiro atoms. The largest absolute Gasteiger partial charge is 0.494 e. The van der Waals surface area contributed by atoms with Gasteiger partial charge in [-0.05, 0) is 86.6 Å². The topological polar surface area (TPSA) is 44.8 Å². The summed E-state index contributed by atoms with van der Waals surface area (Å²) < 4.78 is 17.1. The molecule has 192 valence electrons. The number of carbonyl (C=O) groups excluding carboxylic acids is 1. The molecule has 0 fully saturated rings. The molecule has 0 heterocycles. The lowest BCUT2D eigenvalue weighted by molar-refractivity contribution is 0.0734. The molecule has 4 heteroatoms. The first-order chi connectivity index (χ1) is 17.1. The van der Waals surface area contributed by atoms with Gasteiger partial charge < -0.3 is 14.2 Å². The summed E-state index contributed by atoms with van der Waals surface area (Å²) in [5.41, 5.74) is 0.498. The smallest absolute Gasteiger partial charge is 0.343 e. The van der Waals surface area contributed by atoms with E-state index >= 15 is 0 Å². The summed E-state index contributed by atoms with van der Waals surface area (Å²) in [6.07, 6.45) is 15.2. The van der Waals surface area contributed by atoms with Gasteiger partial charge in [-0.25, -0.2) is 4.79 Å². The van der Waals surface area contributed by atoms with Crippen molar-refractivity contribution >= 4 is 5.97 Å². The third kappa shape index (κ3) is 12.5. The van der Waals surface area contributed by atoms with Crippen LogP contribution in [0.5, 0.6) is 17.2 Å². The number of hydrogen-bond acceptors (Lipinski definition) is 4. The lowest BCUT2D eigenvalue weighted by Gasteiger charge is -2.10. The molecule has 0 N–H and O–H groups in total. The molecule has 0 bridgehead atoms. The highest BCUT2D eigenvalue weighted by molar-refractivity contribution is 5.91. The second-order valence-electron chi connectivity index (χ2n) is 9.29. The molecule has 0 aliphatic rings. The van der Waals surface area contributed by atoms with Crippen molar-refractivity contribution in [3.8, 4) is 17.2 Å². The minimum atomic E-state index is -0.383. The first-order valence-electron chi connectivity index (χ1n) is 13.4. The average molecular weight is 481 g/mol. The van der Waals surface area contributed by atoms with E-state index in [1.165, 1.54) is 51.4 Å². The third-order valence-corrected chi connectivity index (χ3v) is 6.25.